The van der Waals surface area contributed by atoms with Crippen molar-refractivity contribution < 1.29 is 8.42 Å². The van der Waals surface area contributed by atoms with Gasteiger partial charge in [-0.1, -0.05) is 0 Å². The molecule has 0 aromatic rings. The van der Waals surface area contributed by atoms with E-state index in [2.05, 4.69) is 0 Å². The van der Waals surface area contributed by atoms with E-state index in [4.69, 9.17) is 8.42 Å². The lowest BCUT2D eigenvalue weighted by molar-refractivity contribution is 0.619. The van der Waals surface area contributed by atoms with Gasteiger partial charge in [-0.2, -0.15) is 0 Å². The van der Waals surface area contributed by atoms with Crippen molar-refractivity contribution in [2.24, 2.45) is 0 Å². The lowest BCUT2D eigenvalue weighted by Crippen LogP contribution is -1.56. The highest BCUT2D eigenvalue weighted by molar-refractivity contribution is 7.71. The van der Waals surface area contributed by atoms with Crippen LogP contribution < -0.4 is 6.15 Å². The molecule has 5 heavy (non-hydrogen) atoms. The molecule has 4 heteroatoms. The fraction of sp³-hybridized carbons (Fsp3) is 1.00. The molecule has 0 spiro atoms. The van der Waals surface area contributed by atoms with Gasteiger partial charge >= 0.3 is 0 Å². The third-order valence-electron chi connectivity index (χ3n) is 0. The molecule has 0 unspecified atom stereocenters. The minimum atomic E-state index is -2.12. The topological polar surface area (TPSA) is 69.1 Å². The van der Waals surface area contributed by atoms with Crippen LogP contribution >= 0.6 is 0 Å². The highest BCUT2D eigenvalue weighted by Crippen LogP contribution is 1.29. The van der Waals surface area contributed by atoms with E-state index in [1.807, 2.05) is 0 Å². The SMILES string of the molecule is C[SH](=O)=O.N. The van der Waals surface area contributed by atoms with Gasteiger partial charge in [0.2, 0.25) is 0 Å². The van der Waals surface area contributed by atoms with Crippen molar-refractivity contribution in [1.29, 1.82) is 0 Å². The molecule has 0 amide bonds. The van der Waals surface area contributed by atoms with Gasteiger partial charge in [-0.15, -0.1) is 0 Å². The molecule has 3 N–H and O–H groups in total. The van der Waals surface area contributed by atoms with Gasteiger partial charge in [0.25, 0.3) is 0 Å². The van der Waals surface area contributed by atoms with E-state index in [9.17, 15) is 0 Å². The average Bonchev–Trinajstić information content (AvgIpc) is 0.811. The molecule has 3 nitrogen and oxygen atoms in total. The van der Waals surface area contributed by atoms with Crippen molar-refractivity contribution >= 4 is 10.7 Å². The van der Waals surface area contributed by atoms with Crippen LogP contribution in [0.15, 0.2) is 0 Å². The minimum Gasteiger partial charge on any atom is -0.344 e. The first-order valence-corrected chi connectivity index (χ1v) is 2.44. The van der Waals surface area contributed by atoms with Crippen molar-refractivity contribution in [1.82, 2.24) is 6.15 Å². The Bertz CT molecular complexity index is 58.0. The zero-order chi connectivity index (χ0) is 3.58. The number of rotatable bonds is 0. The molecule has 0 bridgehead atoms. The normalized spacial score (nSPS) is 6.80. The van der Waals surface area contributed by atoms with Crippen LogP contribution in [0.5, 0.6) is 0 Å². The van der Waals surface area contributed by atoms with Crippen LogP contribution in [0.3, 0.4) is 0 Å². The summed E-state index contributed by atoms with van der Waals surface area (Å²) in [5.74, 6) is 0. The second-order valence-corrected chi connectivity index (χ2v) is 1.32. The van der Waals surface area contributed by atoms with Gasteiger partial charge in [-0.05, 0) is 0 Å². The molecule has 0 saturated heterocycles. The van der Waals surface area contributed by atoms with Gasteiger partial charge < -0.3 is 6.15 Å². The minimum absolute atomic E-state index is 0. The maximum absolute atomic E-state index is 9.04. The van der Waals surface area contributed by atoms with E-state index in [0.29, 0.717) is 0 Å². The molecule has 34 valence electrons. The van der Waals surface area contributed by atoms with Crippen molar-refractivity contribution in [3.05, 3.63) is 0 Å². The van der Waals surface area contributed by atoms with Gasteiger partial charge in [0.15, 0.2) is 0 Å². The molecule has 0 aliphatic heterocycles. The molecule has 0 fully saturated rings. The van der Waals surface area contributed by atoms with Crippen LogP contribution in [0.2, 0.25) is 0 Å². The van der Waals surface area contributed by atoms with Crippen molar-refractivity contribution in [3.8, 4) is 0 Å². The molecular weight excluding hydrogens is 90.1 g/mol. The third-order valence-corrected chi connectivity index (χ3v) is 0. The zero-order valence-corrected chi connectivity index (χ0v) is 3.87. The quantitative estimate of drug-likeness (QED) is 0.396. The Morgan fingerprint density at radius 1 is 1.40 bits per heavy atom. The van der Waals surface area contributed by atoms with Crippen LogP contribution in [0.25, 0.3) is 0 Å². The molecule has 0 atom stereocenters. The predicted octanol–water partition coefficient (Wildman–Crippen LogP) is -0.610. The Morgan fingerprint density at radius 3 is 1.40 bits per heavy atom. The molecular formula is CH7NO2S. The monoisotopic (exact) mass is 97.0 g/mol. The fourth-order valence-corrected chi connectivity index (χ4v) is 0. The molecule has 0 radical (unpaired) electrons. The lowest BCUT2D eigenvalue weighted by Gasteiger charge is -1.41. The highest BCUT2D eigenvalue weighted by Gasteiger charge is 1.44. The van der Waals surface area contributed by atoms with Gasteiger partial charge in [0.05, 0.1) is 0 Å². The number of hydrogen-bond acceptors (Lipinski definition) is 3. The third kappa shape index (κ3) is 1760. The Morgan fingerprint density at radius 2 is 1.40 bits per heavy atom. The highest BCUT2D eigenvalue weighted by atomic mass is 32.2. The van der Waals surface area contributed by atoms with Crippen LogP contribution in [0.1, 0.15) is 0 Å². The first-order valence-electron chi connectivity index (χ1n) is 0.812. The first-order chi connectivity index (χ1) is 1.73. The summed E-state index contributed by atoms with van der Waals surface area (Å²) in [4.78, 5) is 0. The first kappa shape index (κ1) is 8.86. The predicted molar refractivity (Wildman–Crippen MR) is 21.3 cm³/mol. The Labute approximate surface area is 32.5 Å². The largest absolute Gasteiger partial charge is 0.344 e. The van der Waals surface area contributed by atoms with E-state index < -0.39 is 10.7 Å². The smallest absolute Gasteiger partial charge is 0.137 e. The van der Waals surface area contributed by atoms with Gasteiger partial charge in [-0.3, -0.25) is 0 Å². The maximum Gasteiger partial charge on any atom is 0.137 e. The average molecular weight is 97.1 g/mol. The zero-order valence-electron chi connectivity index (χ0n) is 2.97. The summed E-state index contributed by atoms with van der Waals surface area (Å²) < 4.78 is 18.1. The van der Waals surface area contributed by atoms with Crippen LogP contribution in [-0.4, -0.2) is 14.7 Å². The van der Waals surface area contributed by atoms with E-state index in [1.165, 1.54) is 0 Å². The van der Waals surface area contributed by atoms with Gasteiger partial charge in [-0.25, -0.2) is 8.42 Å². The second kappa shape index (κ2) is 3.91. The summed E-state index contributed by atoms with van der Waals surface area (Å²) >= 11 is 0. The molecule has 0 aromatic carbocycles. The summed E-state index contributed by atoms with van der Waals surface area (Å²) in [5.41, 5.74) is 0. The maximum atomic E-state index is 9.04. The van der Waals surface area contributed by atoms with Crippen LogP contribution in [0.4, 0.5) is 0 Å². The summed E-state index contributed by atoms with van der Waals surface area (Å²) in [7, 11) is -2.12. The Balaban J connectivity index is 0. The molecule has 0 rings (SSSR count). The van der Waals surface area contributed by atoms with Crippen LogP contribution in [0, 0.1) is 0 Å². The molecule has 0 aliphatic carbocycles. The van der Waals surface area contributed by atoms with E-state index in [1.54, 1.807) is 0 Å². The Hall–Kier alpha value is -0.0900. The molecule has 0 saturated carbocycles. The molecule has 0 aliphatic rings. The van der Waals surface area contributed by atoms with Gasteiger partial charge in [0, 0.05) is 6.26 Å². The van der Waals surface area contributed by atoms with Crippen molar-refractivity contribution in [2.75, 3.05) is 6.26 Å². The molecule has 0 heterocycles. The summed E-state index contributed by atoms with van der Waals surface area (Å²) in [6.07, 6.45) is 1.12. The van der Waals surface area contributed by atoms with E-state index in [-0.39, 0.29) is 6.15 Å². The van der Waals surface area contributed by atoms with Crippen LogP contribution in [-0.2, 0) is 10.7 Å². The van der Waals surface area contributed by atoms with E-state index in [0.717, 1.165) is 6.26 Å². The van der Waals surface area contributed by atoms with E-state index >= 15 is 0 Å². The number of thiol groups is 1. The van der Waals surface area contributed by atoms with Crippen molar-refractivity contribution in [3.63, 3.8) is 0 Å². The van der Waals surface area contributed by atoms with Crippen molar-refractivity contribution in [2.45, 2.75) is 0 Å². The lowest BCUT2D eigenvalue weighted by atomic mass is 12.0. The Kier molecular flexibility index (Phi) is 6.93. The second-order valence-electron chi connectivity index (χ2n) is 0.440. The van der Waals surface area contributed by atoms with Gasteiger partial charge in [0.1, 0.15) is 10.7 Å². The molecule has 0 aromatic heterocycles. The summed E-state index contributed by atoms with van der Waals surface area (Å²) in [5, 5.41) is 0. The summed E-state index contributed by atoms with van der Waals surface area (Å²) in [6, 6.07) is 0. The number of hydrogen-bond donors (Lipinski definition) is 2. The fourth-order valence-electron chi connectivity index (χ4n) is 0. The standard InChI is InChI=1S/CH4O2S.H3N/c1-4(2)3;/h4H,1H3;1H3. The summed E-state index contributed by atoms with van der Waals surface area (Å²) in [6.45, 7) is 0.